The van der Waals surface area contributed by atoms with Crippen molar-refractivity contribution in [1.29, 1.82) is 0 Å². The van der Waals surface area contributed by atoms with Crippen molar-refractivity contribution in [2.24, 2.45) is 5.92 Å². The zero-order valence-corrected chi connectivity index (χ0v) is 14.8. The molecular weight excluding hydrogens is 302 g/mol. The maximum absolute atomic E-state index is 12.7. The molecule has 2 aliphatic heterocycles. The summed E-state index contributed by atoms with van der Waals surface area (Å²) >= 11 is 0. The number of likely N-dealkylation sites (tertiary alicyclic amines) is 1. The molecule has 134 valence electrons. The van der Waals surface area contributed by atoms with Crippen LogP contribution >= 0.6 is 0 Å². The van der Waals surface area contributed by atoms with E-state index in [1.165, 1.54) is 31.3 Å². The molecule has 4 rings (SSSR count). The quantitative estimate of drug-likeness (QED) is 0.723. The third-order valence-corrected chi connectivity index (χ3v) is 6.10. The summed E-state index contributed by atoms with van der Waals surface area (Å²) in [7, 11) is 0. The van der Waals surface area contributed by atoms with Gasteiger partial charge >= 0.3 is 0 Å². The Morgan fingerprint density at radius 1 is 1.33 bits per heavy atom. The van der Waals surface area contributed by atoms with Crippen LogP contribution in [0.5, 0.6) is 0 Å². The van der Waals surface area contributed by atoms with Crippen molar-refractivity contribution in [3.63, 3.8) is 0 Å². The summed E-state index contributed by atoms with van der Waals surface area (Å²) in [6.45, 7) is 3.27. The van der Waals surface area contributed by atoms with Crippen LogP contribution in [0.4, 0.5) is 0 Å². The van der Waals surface area contributed by atoms with E-state index < -0.39 is 0 Å². The van der Waals surface area contributed by atoms with Gasteiger partial charge in [-0.05, 0) is 57.3 Å². The lowest BCUT2D eigenvalue weighted by molar-refractivity contribution is -0.138. The zero-order chi connectivity index (χ0) is 16.4. The Morgan fingerprint density at radius 2 is 2.25 bits per heavy atom. The van der Waals surface area contributed by atoms with Crippen molar-refractivity contribution in [3.05, 3.63) is 11.6 Å². The van der Waals surface area contributed by atoms with Gasteiger partial charge in [-0.25, -0.2) is 0 Å². The molecule has 0 aromatic rings. The van der Waals surface area contributed by atoms with Crippen LogP contribution in [0.25, 0.3) is 0 Å². The molecular formula is C20H31NO3. The van der Waals surface area contributed by atoms with Gasteiger partial charge in [-0.3, -0.25) is 4.79 Å². The molecule has 4 heteroatoms. The smallest absolute Gasteiger partial charge is 0.226 e. The van der Waals surface area contributed by atoms with E-state index in [0.717, 1.165) is 57.7 Å². The normalized spacial score (nSPS) is 33.8. The Morgan fingerprint density at radius 3 is 3.04 bits per heavy atom. The average Bonchev–Trinajstić information content (AvgIpc) is 3.36. The third kappa shape index (κ3) is 4.02. The third-order valence-electron chi connectivity index (χ3n) is 6.10. The molecule has 1 amide bonds. The minimum atomic E-state index is -0.136. The molecule has 2 aliphatic carbocycles. The number of ether oxygens (including phenoxy) is 2. The van der Waals surface area contributed by atoms with Crippen molar-refractivity contribution in [2.45, 2.75) is 75.9 Å². The number of hydrogen-bond acceptors (Lipinski definition) is 3. The lowest BCUT2D eigenvalue weighted by Gasteiger charge is -2.40. The van der Waals surface area contributed by atoms with Gasteiger partial charge in [0.05, 0.1) is 18.3 Å². The Kier molecular flexibility index (Phi) is 4.95. The summed E-state index contributed by atoms with van der Waals surface area (Å²) in [4.78, 5) is 14.8. The Bertz CT molecular complexity index is 499. The van der Waals surface area contributed by atoms with Crippen molar-refractivity contribution >= 4 is 5.91 Å². The largest absolute Gasteiger partial charge is 0.375 e. The highest BCUT2D eigenvalue weighted by atomic mass is 16.6. The fourth-order valence-electron chi connectivity index (χ4n) is 4.43. The van der Waals surface area contributed by atoms with E-state index >= 15 is 0 Å². The molecule has 0 radical (unpaired) electrons. The van der Waals surface area contributed by atoms with Gasteiger partial charge in [0.15, 0.2) is 0 Å². The van der Waals surface area contributed by atoms with Gasteiger partial charge in [0.1, 0.15) is 0 Å². The van der Waals surface area contributed by atoms with Crippen molar-refractivity contribution < 1.29 is 14.3 Å². The molecule has 1 spiro atoms. The highest BCUT2D eigenvalue weighted by molar-refractivity contribution is 5.79. The Balaban J connectivity index is 1.29. The molecule has 4 nitrogen and oxygen atoms in total. The predicted molar refractivity (Wildman–Crippen MR) is 92.7 cm³/mol. The molecule has 3 fully saturated rings. The Labute approximate surface area is 145 Å². The predicted octanol–water partition coefficient (Wildman–Crippen LogP) is 3.45. The summed E-state index contributed by atoms with van der Waals surface area (Å²) in [5.74, 6) is 1.10. The number of amides is 1. The summed E-state index contributed by atoms with van der Waals surface area (Å²) in [5, 5.41) is 0. The SMILES string of the molecule is O=C(CC1=CCCCC1)N1CCC[C@]2(C[C@H](OCC3CC3)CO2)C1. The molecule has 0 aromatic carbocycles. The van der Waals surface area contributed by atoms with Crippen LogP contribution in [-0.2, 0) is 14.3 Å². The van der Waals surface area contributed by atoms with Gasteiger partial charge in [0.25, 0.3) is 0 Å². The number of allylic oxidation sites excluding steroid dienone is 1. The number of hydrogen-bond donors (Lipinski definition) is 0. The fourth-order valence-corrected chi connectivity index (χ4v) is 4.43. The summed E-state index contributed by atoms with van der Waals surface area (Å²) in [5.41, 5.74) is 1.21. The summed E-state index contributed by atoms with van der Waals surface area (Å²) < 4.78 is 12.2. The van der Waals surface area contributed by atoms with Crippen LogP contribution in [-0.4, -0.2) is 48.8 Å². The van der Waals surface area contributed by atoms with E-state index in [9.17, 15) is 4.79 Å². The van der Waals surface area contributed by atoms with Gasteiger partial charge in [-0.2, -0.15) is 0 Å². The van der Waals surface area contributed by atoms with Gasteiger partial charge < -0.3 is 14.4 Å². The first-order valence-corrected chi connectivity index (χ1v) is 9.94. The average molecular weight is 333 g/mol. The van der Waals surface area contributed by atoms with Crippen molar-refractivity contribution in [1.82, 2.24) is 4.90 Å². The maximum Gasteiger partial charge on any atom is 0.226 e. The van der Waals surface area contributed by atoms with E-state index in [2.05, 4.69) is 11.0 Å². The molecule has 1 saturated carbocycles. The van der Waals surface area contributed by atoms with Crippen LogP contribution in [0.1, 0.15) is 64.2 Å². The number of piperidine rings is 1. The lowest BCUT2D eigenvalue weighted by Crippen LogP contribution is -2.50. The molecule has 0 N–H and O–H groups in total. The highest BCUT2D eigenvalue weighted by Crippen LogP contribution is 2.37. The lowest BCUT2D eigenvalue weighted by atomic mass is 9.88. The van der Waals surface area contributed by atoms with E-state index in [1.807, 2.05) is 0 Å². The second-order valence-electron chi connectivity index (χ2n) is 8.30. The van der Waals surface area contributed by atoms with Gasteiger partial charge in [-0.15, -0.1) is 0 Å². The molecule has 0 aromatic heterocycles. The second-order valence-corrected chi connectivity index (χ2v) is 8.30. The standard InChI is InChI=1S/C20H31NO3/c22-19(11-16-5-2-1-3-6-16)21-10-4-9-20(15-21)12-18(14-24-20)23-13-17-7-8-17/h5,17-18H,1-4,6-15H2/t18-,20-/m0/s1. The molecule has 2 atom stereocenters. The molecule has 0 bridgehead atoms. The van der Waals surface area contributed by atoms with Crippen LogP contribution in [0, 0.1) is 5.92 Å². The summed E-state index contributed by atoms with van der Waals surface area (Å²) in [6.07, 6.45) is 13.7. The molecule has 0 unspecified atom stereocenters. The molecule has 24 heavy (non-hydrogen) atoms. The highest BCUT2D eigenvalue weighted by Gasteiger charge is 2.45. The Hall–Kier alpha value is -0.870. The molecule has 2 saturated heterocycles. The van der Waals surface area contributed by atoms with Crippen LogP contribution < -0.4 is 0 Å². The first kappa shape index (κ1) is 16.6. The molecule has 4 aliphatic rings. The van der Waals surface area contributed by atoms with Gasteiger partial charge in [0, 0.05) is 32.5 Å². The van der Waals surface area contributed by atoms with Gasteiger partial charge in [0.2, 0.25) is 5.91 Å². The van der Waals surface area contributed by atoms with E-state index in [0.29, 0.717) is 18.9 Å². The first-order valence-electron chi connectivity index (χ1n) is 9.94. The maximum atomic E-state index is 12.7. The van der Waals surface area contributed by atoms with Crippen molar-refractivity contribution in [2.75, 3.05) is 26.3 Å². The molecule has 2 heterocycles. The van der Waals surface area contributed by atoms with Crippen LogP contribution in [0.2, 0.25) is 0 Å². The van der Waals surface area contributed by atoms with E-state index in [1.54, 1.807) is 0 Å². The van der Waals surface area contributed by atoms with Crippen LogP contribution in [0.3, 0.4) is 0 Å². The number of carbonyl (C=O) groups excluding carboxylic acids is 1. The second kappa shape index (κ2) is 7.17. The van der Waals surface area contributed by atoms with Crippen LogP contribution in [0.15, 0.2) is 11.6 Å². The van der Waals surface area contributed by atoms with Gasteiger partial charge in [-0.1, -0.05) is 11.6 Å². The number of carbonyl (C=O) groups is 1. The minimum Gasteiger partial charge on any atom is -0.375 e. The fraction of sp³-hybridized carbons (Fsp3) is 0.850. The minimum absolute atomic E-state index is 0.136. The van der Waals surface area contributed by atoms with E-state index in [4.69, 9.17) is 9.47 Å². The van der Waals surface area contributed by atoms with E-state index in [-0.39, 0.29) is 11.7 Å². The monoisotopic (exact) mass is 333 g/mol. The van der Waals surface area contributed by atoms with Crippen molar-refractivity contribution in [3.8, 4) is 0 Å². The zero-order valence-electron chi connectivity index (χ0n) is 14.8. The number of nitrogens with zero attached hydrogens (tertiary/aromatic N) is 1. The topological polar surface area (TPSA) is 38.8 Å². The number of rotatable bonds is 5. The summed E-state index contributed by atoms with van der Waals surface area (Å²) in [6, 6.07) is 0. The first-order chi connectivity index (χ1) is 11.7.